The molecular weight excluding hydrogens is 486 g/mol. The summed E-state index contributed by atoms with van der Waals surface area (Å²) in [4.78, 5) is 48.8. The maximum Gasteiger partial charge on any atom is 0.239 e. The van der Waals surface area contributed by atoms with Crippen molar-refractivity contribution in [3.63, 3.8) is 0 Å². The Morgan fingerprint density at radius 1 is 0.868 bits per heavy atom. The van der Waals surface area contributed by atoms with E-state index in [2.05, 4.69) is 15.3 Å². The third-order valence-corrected chi connectivity index (χ3v) is 5.47. The van der Waals surface area contributed by atoms with Gasteiger partial charge in [0.15, 0.2) is 0 Å². The average molecular weight is 520 g/mol. The molecule has 11 heteroatoms. The van der Waals surface area contributed by atoms with Crippen LogP contribution in [0.1, 0.15) is 5.56 Å². The molecule has 0 aliphatic carbocycles. The van der Waals surface area contributed by atoms with E-state index < -0.39 is 5.91 Å². The molecule has 0 saturated carbocycles. The van der Waals surface area contributed by atoms with Gasteiger partial charge < -0.3 is 26.4 Å². The number of nitrogens with one attached hydrogen (secondary N) is 1. The van der Waals surface area contributed by atoms with Crippen molar-refractivity contribution in [2.75, 3.05) is 45.9 Å². The van der Waals surface area contributed by atoms with Gasteiger partial charge in [-0.2, -0.15) is 0 Å². The van der Waals surface area contributed by atoms with Gasteiger partial charge in [0.2, 0.25) is 23.6 Å². The zero-order valence-corrected chi connectivity index (χ0v) is 21.2. The van der Waals surface area contributed by atoms with Crippen LogP contribution in [0.4, 0.5) is 0 Å². The summed E-state index contributed by atoms with van der Waals surface area (Å²) in [7, 11) is 0. The zero-order valence-electron chi connectivity index (χ0n) is 21.2. The number of benzene rings is 1. The Hall–Kier alpha value is -4.35. The highest BCUT2D eigenvalue weighted by Gasteiger charge is 2.21. The number of amides is 3. The summed E-state index contributed by atoms with van der Waals surface area (Å²) >= 11 is 0. The number of carbonyl (C=O) groups excluding carboxylic acids is 3. The van der Waals surface area contributed by atoms with E-state index >= 15 is 0 Å². The number of nitrogens with two attached hydrogens (primary N) is 2. The third kappa shape index (κ3) is 9.60. The molecule has 200 valence electrons. The molecule has 3 aromatic rings. The molecule has 0 aliphatic heterocycles. The molecule has 3 amide bonds. The van der Waals surface area contributed by atoms with E-state index in [9.17, 15) is 14.4 Å². The summed E-state index contributed by atoms with van der Waals surface area (Å²) in [5.74, 6) is -0.849. The van der Waals surface area contributed by atoms with Gasteiger partial charge in [0, 0.05) is 38.4 Å². The van der Waals surface area contributed by atoms with Crippen LogP contribution in [0.5, 0.6) is 5.88 Å². The quantitative estimate of drug-likeness (QED) is 0.261. The highest BCUT2D eigenvalue weighted by atomic mass is 16.5. The van der Waals surface area contributed by atoms with Gasteiger partial charge in [-0.25, -0.2) is 4.98 Å². The molecule has 0 unspecified atom stereocenters. The number of hydrogen-bond donors (Lipinski definition) is 3. The van der Waals surface area contributed by atoms with Crippen LogP contribution < -0.4 is 21.5 Å². The van der Waals surface area contributed by atoms with Crippen LogP contribution in [0.15, 0.2) is 72.9 Å². The van der Waals surface area contributed by atoms with Crippen LogP contribution in [0.25, 0.3) is 11.4 Å². The first-order valence-corrected chi connectivity index (χ1v) is 12.2. The SMILES string of the molecule is NCCN(CC(=O)NCc1ccccc1)C(=O)CN(CCOc1cccc(-c2ccccn2)n1)CC(N)=O. The number of carbonyl (C=O) groups is 3. The van der Waals surface area contributed by atoms with Gasteiger partial charge in [0.05, 0.1) is 31.0 Å². The molecule has 0 saturated heterocycles. The zero-order chi connectivity index (χ0) is 27.2. The standard InChI is InChI=1S/C27H33N7O4/c28-12-14-34(19-25(36)31-17-21-7-2-1-3-8-21)27(37)20-33(18-24(29)35)15-16-38-26-11-6-10-23(32-26)22-9-4-5-13-30-22/h1-11,13H,12,14-20,28H2,(H2,29,35)(H,31,36). The molecule has 0 radical (unpaired) electrons. The van der Waals surface area contributed by atoms with E-state index in [0.717, 1.165) is 5.56 Å². The Balaban J connectivity index is 1.54. The second-order valence-corrected chi connectivity index (χ2v) is 8.47. The number of pyridine rings is 2. The van der Waals surface area contributed by atoms with E-state index in [0.29, 0.717) is 23.8 Å². The molecule has 0 aliphatic rings. The number of hydrogen-bond acceptors (Lipinski definition) is 8. The fourth-order valence-corrected chi connectivity index (χ4v) is 3.63. The Labute approximate surface area is 221 Å². The van der Waals surface area contributed by atoms with Crippen LogP contribution in [-0.2, 0) is 20.9 Å². The first kappa shape index (κ1) is 28.2. The summed E-state index contributed by atoms with van der Waals surface area (Å²) in [6.45, 7) is 0.720. The van der Waals surface area contributed by atoms with Crippen LogP contribution in [0.2, 0.25) is 0 Å². The molecule has 5 N–H and O–H groups in total. The lowest BCUT2D eigenvalue weighted by atomic mass is 10.2. The lowest BCUT2D eigenvalue weighted by Gasteiger charge is -2.26. The number of primary amides is 1. The van der Waals surface area contributed by atoms with Crippen molar-refractivity contribution < 1.29 is 19.1 Å². The predicted molar refractivity (Wildman–Crippen MR) is 143 cm³/mol. The van der Waals surface area contributed by atoms with Gasteiger partial charge in [-0.05, 0) is 23.8 Å². The van der Waals surface area contributed by atoms with E-state index in [1.807, 2.05) is 60.7 Å². The highest BCUT2D eigenvalue weighted by Crippen LogP contribution is 2.17. The highest BCUT2D eigenvalue weighted by molar-refractivity contribution is 5.86. The van der Waals surface area contributed by atoms with Gasteiger partial charge in [-0.15, -0.1) is 0 Å². The molecule has 0 atom stereocenters. The molecule has 2 aromatic heterocycles. The van der Waals surface area contributed by atoms with Gasteiger partial charge in [-0.1, -0.05) is 42.5 Å². The molecule has 0 bridgehead atoms. The third-order valence-electron chi connectivity index (χ3n) is 5.47. The smallest absolute Gasteiger partial charge is 0.239 e. The second kappa shape index (κ2) is 15.0. The van der Waals surface area contributed by atoms with E-state index in [1.165, 1.54) is 4.90 Å². The minimum Gasteiger partial charge on any atom is -0.476 e. The van der Waals surface area contributed by atoms with Crippen molar-refractivity contribution in [3.8, 4) is 17.3 Å². The van der Waals surface area contributed by atoms with Crippen LogP contribution in [0.3, 0.4) is 0 Å². The lowest BCUT2D eigenvalue weighted by Crippen LogP contribution is -2.48. The minimum absolute atomic E-state index is 0.125. The number of rotatable bonds is 15. The normalized spacial score (nSPS) is 10.7. The average Bonchev–Trinajstić information content (AvgIpc) is 2.92. The van der Waals surface area contributed by atoms with Crippen LogP contribution in [-0.4, -0.2) is 83.4 Å². The summed E-state index contributed by atoms with van der Waals surface area (Å²) < 4.78 is 5.77. The van der Waals surface area contributed by atoms with E-state index in [1.54, 1.807) is 17.2 Å². The summed E-state index contributed by atoms with van der Waals surface area (Å²) in [6, 6.07) is 20.4. The Morgan fingerprint density at radius 2 is 1.63 bits per heavy atom. The predicted octanol–water partition coefficient (Wildman–Crippen LogP) is 0.413. The van der Waals surface area contributed by atoms with Crippen molar-refractivity contribution in [2.45, 2.75) is 6.54 Å². The van der Waals surface area contributed by atoms with Gasteiger partial charge >= 0.3 is 0 Å². The van der Waals surface area contributed by atoms with Gasteiger partial charge in [0.1, 0.15) is 6.61 Å². The molecule has 38 heavy (non-hydrogen) atoms. The fourth-order valence-electron chi connectivity index (χ4n) is 3.63. The summed E-state index contributed by atoms with van der Waals surface area (Å²) in [5, 5.41) is 2.80. The first-order valence-electron chi connectivity index (χ1n) is 12.2. The number of nitrogens with zero attached hydrogens (tertiary/aromatic N) is 4. The summed E-state index contributed by atoms with van der Waals surface area (Å²) in [5.41, 5.74) is 13.4. The number of ether oxygens (including phenoxy) is 1. The maximum absolute atomic E-state index is 13.0. The van der Waals surface area contributed by atoms with Crippen molar-refractivity contribution in [1.82, 2.24) is 25.1 Å². The molecule has 11 nitrogen and oxygen atoms in total. The minimum atomic E-state index is -0.584. The van der Waals surface area contributed by atoms with E-state index in [4.69, 9.17) is 16.2 Å². The van der Waals surface area contributed by atoms with Crippen LogP contribution in [0, 0.1) is 0 Å². The van der Waals surface area contributed by atoms with Crippen LogP contribution >= 0.6 is 0 Å². The fraction of sp³-hybridized carbons (Fsp3) is 0.296. The molecular formula is C27H33N7O4. The lowest BCUT2D eigenvalue weighted by molar-refractivity contribution is -0.137. The van der Waals surface area contributed by atoms with Crippen molar-refractivity contribution in [1.29, 1.82) is 0 Å². The largest absolute Gasteiger partial charge is 0.476 e. The van der Waals surface area contributed by atoms with Gasteiger partial charge in [0.25, 0.3) is 0 Å². The molecule has 0 spiro atoms. The first-order chi connectivity index (χ1) is 18.4. The van der Waals surface area contributed by atoms with E-state index in [-0.39, 0.29) is 57.7 Å². The molecule has 1 aromatic carbocycles. The maximum atomic E-state index is 13.0. The summed E-state index contributed by atoms with van der Waals surface area (Å²) in [6.07, 6.45) is 1.68. The molecule has 3 rings (SSSR count). The second-order valence-electron chi connectivity index (χ2n) is 8.47. The Bertz CT molecular complexity index is 1180. The Morgan fingerprint density at radius 3 is 2.34 bits per heavy atom. The molecule has 0 fully saturated rings. The topological polar surface area (TPSA) is 157 Å². The van der Waals surface area contributed by atoms with Crippen molar-refractivity contribution >= 4 is 17.7 Å². The molecule has 2 heterocycles. The monoisotopic (exact) mass is 519 g/mol. The van der Waals surface area contributed by atoms with Crippen molar-refractivity contribution in [2.24, 2.45) is 11.5 Å². The Kier molecular flexibility index (Phi) is 11.2. The van der Waals surface area contributed by atoms with Crippen molar-refractivity contribution in [3.05, 3.63) is 78.5 Å². The van der Waals surface area contributed by atoms with Gasteiger partial charge in [-0.3, -0.25) is 24.3 Å². The number of aromatic nitrogens is 2.